The van der Waals surface area contributed by atoms with Crippen molar-refractivity contribution in [1.82, 2.24) is 4.98 Å². The number of pyridine rings is 1. The van der Waals surface area contributed by atoms with Crippen LogP contribution in [-0.4, -0.2) is 34.8 Å². The number of hydrogen-bond acceptors (Lipinski definition) is 3. The summed E-state index contributed by atoms with van der Waals surface area (Å²) in [5.74, 6) is -0.575. The molecule has 1 aliphatic rings. The van der Waals surface area contributed by atoms with E-state index in [-0.39, 0.29) is 12.8 Å². The average molecular weight is 288 g/mol. The van der Waals surface area contributed by atoms with Crippen molar-refractivity contribution in [2.45, 2.75) is 25.4 Å². The minimum atomic E-state index is -2.09. The van der Waals surface area contributed by atoms with Gasteiger partial charge < -0.3 is 10.0 Å². The van der Waals surface area contributed by atoms with E-state index in [9.17, 15) is 9.18 Å². The van der Waals surface area contributed by atoms with Crippen molar-refractivity contribution in [3.8, 4) is 0 Å². The third-order valence-corrected chi connectivity index (χ3v) is 4.17. The van der Waals surface area contributed by atoms with Crippen LogP contribution in [0.5, 0.6) is 0 Å². The third-order valence-electron chi connectivity index (χ3n) is 4.17. The van der Waals surface area contributed by atoms with Crippen molar-refractivity contribution in [1.29, 1.82) is 0 Å². The monoisotopic (exact) mass is 288 g/mol. The van der Waals surface area contributed by atoms with Gasteiger partial charge in [-0.05, 0) is 24.6 Å². The van der Waals surface area contributed by atoms with Gasteiger partial charge in [0.25, 0.3) is 0 Å². The topological polar surface area (TPSA) is 53.4 Å². The molecule has 2 heterocycles. The number of aryl methyl sites for hydroxylation is 1. The first-order valence-corrected chi connectivity index (χ1v) is 7.03. The van der Waals surface area contributed by atoms with Crippen LogP contribution in [-0.2, 0) is 4.79 Å². The Bertz CT molecular complexity index is 694. The summed E-state index contributed by atoms with van der Waals surface area (Å²) in [7, 11) is 0. The third kappa shape index (κ3) is 2.44. The number of aromatic nitrogens is 1. The number of nitrogens with zero attached hydrogens (tertiary/aromatic N) is 2. The van der Waals surface area contributed by atoms with Crippen LogP contribution in [0.2, 0.25) is 0 Å². The zero-order valence-corrected chi connectivity index (χ0v) is 11.8. The predicted molar refractivity (Wildman–Crippen MR) is 79.4 cm³/mol. The second-order valence-electron chi connectivity index (χ2n) is 5.57. The van der Waals surface area contributed by atoms with Crippen LogP contribution < -0.4 is 4.90 Å². The SMILES string of the molecule is Cc1cccc2ccc(N3CCC(F)(C(=O)O)CC3)nc12. The van der Waals surface area contributed by atoms with Crippen molar-refractivity contribution in [3.63, 3.8) is 0 Å². The first kappa shape index (κ1) is 13.8. The molecule has 21 heavy (non-hydrogen) atoms. The highest BCUT2D eigenvalue weighted by atomic mass is 19.1. The number of benzene rings is 1. The number of piperidine rings is 1. The van der Waals surface area contributed by atoms with E-state index in [2.05, 4.69) is 4.98 Å². The van der Waals surface area contributed by atoms with Gasteiger partial charge in [-0.15, -0.1) is 0 Å². The Labute approximate surface area is 122 Å². The molecule has 1 aliphatic heterocycles. The van der Waals surface area contributed by atoms with Crippen LogP contribution in [0, 0.1) is 6.92 Å². The van der Waals surface area contributed by atoms with Crippen molar-refractivity contribution in [3.05, 3.63) is 35.9 Å². The minimum Gasteiger partial charge on any atom is -0.479 e. The van der Waals surface area contributed by atoms with Crippen LogP contribution >= 0.6 is 0 Å². The van der Waals surface area contributed by atoms with E-state index >= 15 is 0 Å². The van der Waals surface area contributed by atoms with Crippen LogP contribution in [0.1, 0.15) is 18.4 Å². The Hall–Kier alpha value is -2.17. The molecule has 1 N–H and O–H groups in total. The van der Waals surface area contributed by atoms with Gasteiger partial charge in [-0.2, -0.15) is 0 Å². The van der Waals surface area contributed by atoms with Gasteiger partial charge in [-0.1, -0.05) is 18.2 Å². The van der Waals surface area contributed by atoms with E-state index in [4.69, 9.17) is 5.11 Å². The fourth-order valence-electron chi connectivity index (χ4n) is 2.77. The highest BCUT2D eigenvalue weighted by molar-refractivity contribution is 5.83. The number of anilines is 1. The maximum atomic E-state index is 14.1. The summed E-state index contributed by atoms with van der Waals surface area (Å²) in [5, 5.41) is 9.99. The molecule has 5 heteroatoms. The quantitative estimate of drug-likeness (QED) is 0.923. The molecule has 0 saturated carbocycles. The summed E-state index contributed by atoms with van der Waals surface area (Å²) in [5.41, 5.74) is -0.0643. The molecular weight excluding hydrogens is 271 g/mol. The fraction of sp³-hybridized carbons (Fsp3) is 0.375. The molecule has 0 bridgehead atoms. The number of carboxylic acid groups (broad SMARTS) is 1. The summed E-state index contributed by atoms with van der Waals surface area (Å²) in [6.07, 6.45) is -0.00829. The summed E-state index contributed by atoms with van der Waals surface area (Å²) >= 11 is 0. The van der Waals surface area contributed by atoms with Gasteiger partial charge in [0.15, 0.2) is 0 Å². The van der Waals surface area contributed by atoms with Gasteiger partial charge in [0.1, 0.15) is 5.82 Å². The molecule has 1 aromatic heterocycles. The second-order valence-corrected chi connectivity index (χ2v) is 5.57. The summed E-state index contributed by atoms with van der Waals surface area (Å²) in [4.78, 5) is 17.5. The van der Waals surface area contributed by atoms with Gasteiger partial charge in [-0.25, -0.2) is 14.2 Å². The number of carbonyl (C=O) groups is 1. The van der Waals surface area contributed by atoms with Gasteiger partial charge >= 0.3 is 5.97 Å². The van der Waals surface area contributed by atoms with E-state index in [1.54, 1.807) is 0 Å². The van der Waals surface area contributed by atoms with Crippen LogP contribution in [0.3, 0.4) is 0 Å². The van der Waals surface area contributed by atoms with E-state index in [1.165, 1.54) is 0 Å². The van der Waals surface area contributed by atoms with Crippen LogP contribution in [0.25, 0.3) is 10.9 Å². The summed E-state index contributed by atoms with van der Waals surface area (Å²) in [6, 6.07) is 9.91. The molecule has 1 saturated heterocycles. The average Bonchev–Trinajstić information content (AvgIpc) is 2.48. The molecule has 3 rings (SSSR count). The molecular formula is C16H17FN2O2. The van der Waals surface area contributed by atoms with Crippen LogP contribution in [0.15, 0.2) is 30.3 Å². The normalized spacial score (nSPS) is 17.9. The molecule has 0 aliphatic carbocycles. The zero-order chi connectivity index (χ0) is 15.0. The van der Waals surface area contributed by atoms with Crippen molar-refractivity contribution in [2.75, 3.05) is 18.0 Å². The Morgan fingerprint density at radius 1 is 1.29 bits per heavy atom. The van der Waals surface area contributed by atoms with E-state index in [0.29, 0.717) is 13.1 Å². The van der Waals surface area contributed by atoms with Gasteiger partial charge in [0, 0.05) is 31.3 Å². The standard InChI is InChI=1S/C16H17FN2O2/c1-11-3-2-4-12-5-6-13(18-14(11)12)19-9-7-16(17,8-10-19)15(20)21/h2-6H,7-10H2,1H3,(H,20,21). The highest BCUT2D eigenvalue weighted by Gasteiger charge is 2.42. The van der Waals surface area contributed by atoms with Gasteiger partial charge in [-0.3, -0.25) is 0 Å². The molecule has 0 spiro atoms. The minimum absolute atomic E-state index is 0.00414. The number of hydrogen-bond donors (Lipinski definition) is 1. The Morgan fingerprint density at radius 3 is 2.67 bits per heavy atom. The predicted octanol–water partition coefficient (Wildman–Crippen LogP) is 2.94. The number of aliphatic carboxylic acids is 1. The maximum absolute atomic E-state index is 14.1. The lowest BCUT2D eigenvalue weighted by molar-refractivity contribution is -0.152. The largest absolute Gasteiger partial charge is 0.479 e. The fourth-order valence-corrected chi connectivity index (χ4v) is 2.77. The summed E-state index contributed by atoms with van der Waals surface area (Å²) in [6.45, 7) is 2.74. The lowest BCUT2D eigenvalue weighted by Crippen LogP contribution is -2.46. The number of para-hydroxylation sites is 1. The number of rotatable bonds is 2. The Balaban J connectivity index is 1.86. The van der Waals surface area contributed by atoms with Crippen molar-refractivity contribution in [2.24, 2.45) is 0 Å². The molecule has 0 radical (unpaired) electrons. The number of carboxylic acids is 1. The molecule has 0 unspecified atom stereocenters. The summed E-state index contributed by atoms with van der Waals surface area (Å²) < 4.78 is 14.1. The molecule has 0 amide bonds. The van der Waals surface area contributed by atoms with Gasteiger partial charge in [0.05, 0.1) is 5.52 Å². The molecule has 1 aromatic carbocycles. The molecule has 110 valence electrons. The lowest BCUT2D eigenvalue weighted by atomic mass is 9.93. The first-order valence-electron chi connectivity index (χ1n) is 7.03. The van der Waals surface area contributed by atoms with E-state index in [1.807, 2.05) is 42.2 Å². The smallest absolute Gasteiger partial charge is 0.341 e. The molecule has 4 nitrogen and oxygen atoms in total. The molecule has 2 aromatic rings. The molecule has 0 atom stereocenters. The van der Waals surface area contributed by atoms with Crippen molar-refractivity contribution < 1.29 is 14.3 Å². The Morgan fingerprint density at radius 2 is 2.00 bits per heavy atom. The zero-order valence-electron chi connectivity index (χ0n) is 11.8. The number of fused-ring (bicyclic) bond motifs is 1. The molecule has 1 fully saturated rings. The number of halogens is 1. The van der Waals surface area contributed by atoms with Gasteiger partial charge in [0.2, 0.25) is 5.67 Å². The second kappa shape index (κ2) is 4.98. The first-order chi connectivity index (χ1) is 9.99. The lowest BCUT2D eigenvalue weighted by Gasteiger charge is -2.34. The van der Waals surface area contributed by atoms with E-state index < -0.39 is 11.6 Å². The van der Waals surface area contributed by atoms with Crippen molar-refractivity contribution >= 4 is 22.7 Å². The van der Waals surface area contributed by atoms with E-state index in [0.717, 1.165) is 22.3 Å². The van der Waals surface area contributed by atoms with Crippen LogP contribution in [0.4, 0.5) is 10.2 Å². The highest BCUT2D eigenvalue weighted by Crippen LogP contribution is 2.30. The Kier molecular flexibility index (Phi) is 3.27. The number of alkyl halides is 1. The maximum Gasteiger partial charge on any atom is 0.341 e.